The molecule has 3 aromatic heterocycles. The standard InChI is InChI=1S/C26H26N6O2/c27-14-19-11-20-15-29-26(31-24(20)32(25(19)33)21-3-1-2-4-21)30-23-13-18-6-5-17(12-22(18)34-23)16-7-9-28-10-8-16/h5-6,11-13,15-16,21,28H,1-4,7-10H2,(H,29,30,31). The van der Waals surface area contributed by atoms with Gasteiger partial charge < -0.3 is 9.73 Å². The molecule has 0 radical (unpaired) electrons. The molecule has 6 rings (SSSR count). The number of piperidine rings is 1. The van der Waals surface area contributed by atoms with Crippen LogP contribution < -0.4 is 16.2 Å². The number of hydrogen-bond donors (Lipinski definition) is 2. The Kier molecular flexibility index (Phi) is 5.27. The van der Waals surface area contributed by atoms with Gasteiger partial charge in [-0.3, -0.25) is 14.7 Å². The summed E-state index contributed by atoms with van der Waals surface area (Å²) in [5, 5.41) is 17.7. The topological polar surface area (TPSA) is 109 Å². The van der Waals surface area contributed by atoms with Crippen LogP contribution in [-0.2, 0) is 0 Å². The van der Waals surface area contributed by atoms with Crippen molar-refractivity contribution in [3.05, 3.63) is 58.0 Å². The lowest BCUT2D eigenvalue weighted by atomic mass is 9.90. The van der Waals surface area contributed by atoms with Crippen molar-refractivity contribution in [2.45, 2.75) is 50.5 Å². The van der Waals surface area contributed by atoms with E-state index in [2.05, 4.69) is 38.8 Å². The molecule has 1 aromatic carbocycles. The van der Waals surface area contributed by atoms with Gasteiger partial charge in [-0.2, -0.15) is 10.2 Å². The molecule has 4 heterocycles. The summed E-state index contributed by atoms with van der Waals surface area (Å²) in [6.45, 7) is 2.10. The summed E-state index contributed by atoms with van der Waals surface area (Å²) >= 11 is 0. The summed E-state index contributed by atoms with van der Waals surface area (Å²) in [6.07, 6.45) is 7.91. The van der Waals surface area contributed by atoms with E-state index in [0.717, 1.165) is 62.6 Å². The zero-order valence-corrected chi connectivity index (χ0v) is 18.9. The van der Waals surface area contributed by atoms with Crippen LogP contribution >= 0.6 is 0 Å². The SMILES string of the molecule is N#Cc1cc2cnc(Nc3cc4ccc(C5CCNCC5)cc4o3)nc2n(C2CCCC2)c1=O. The van der Waals surface area contributed by atoms with E-state index in [1.54, 1.807) is 16.8 Å². The number of anilines is 2. The Morgan fingerprint density at radius 1 is 1.09 bits per heavy atom. The highest BCUT2D eigenvalue weighted by Gasteiger charge is 2.23. The number of nitrogens with one attached hydrogen (secondary N) is 2. The van der Waals surface area contributed by atoms with Gasteiger partial charge in [0.15, 0.2) is 0 Å². The summed E-state index contributed by atoms with van der Waals surface area (Å²) < 4.78 is 7.78. The number of rotatable bonds is 4. The van der Waals surface area contributed by atoms with Crippen molar-refractivity contribution < 1.29 is 4.42 Å². The number of aromatic nitrogens is 3. The average Bonchev–Trinajstić information content (AvgIpc) is 3.53. The van der Waals surface area contributed by atoms with Crippen molar-refractivity contribution in [2.24, 2.45) is 0 Å². The Hall–Kier alpha value is -3.70. The van der Waals surface area contributed by atoms with Crippen molar-refractivity contribution in [2.75, 3.05) is 18.4 Å². The predicted molar refractivity (Wildman–Crippen MR) is 130 cm³/mol. The first-order valence-corrected chi connectivity index (χ1v) is 12.0. The van der Waals surface area contributed by atoms with Gasteiger partial charge in [-0.05, 0) is 62.4 Å². The number of pyridine rings is 1. The van der Waals surface area contributed by atoms with Crippen molar-refractivity contribution in [3.63, 3.8) is 0 Å². The molecule has 8 heteroatoms. The third-order valence-corrected chi connectivity index (χ3v) is 7.17. The van der Waals surface area contributed by atoms with Gasteiger partial charge in [-0.15, -0.1) is 0 Å². The van der Waals surface area contributed by atoms with E-state index in [1.807, 2.05) is 12.1 Å². The summed E-state index contributed by atoms with van der Waals surface area (Å²) in [7, 11) is 0. The van der Waals surface area contributed by atoms with Crippen LogP contribution in [0.1, 0.15) is 61.6 Å². The van der Waals surface area contributed by atoms with Crippen molar-refractivity contribution in [1.82, 2.24) is 19.9 Å². The molecule has 8 nitrogen and oxygen atoms in total. The van der Waals surface area contributed by atoms with Crippen LogP contribution in [0.25, 0.3) is 22.0 Å². The summed E-state index contributed by atoms with van der Waals surface area (Å²) in [4.78, 5) is 22.1. The molecule has 2 aliphatic rings. The summed E-state index contributed by atoms with van der Waals surface area (Å²) in [6, 6.07) is 12.0. The molecule has 2 N–H and O–H groups in total. The molecular formula is C26H26N6O2. The third-order valence-electron chi connectivity index (χ3n) is 7.17. The van der Waals surface area contributed by atoms with Crippen molar-refractivity contribution >= 4 is 33.8 Å². The second-order valence-corrected chi connectivity index (χ2v) is 9.31. The van der Waals surface area contributed by atoms with Crippen LogP contribution in [0.15, 0.2) is 45.7 Å². The second kappa shape index (κ2) is 8.58. The third kappa shape index (κ3) is 3.72. The fourth-order valence-electron chi connectivity index (χ4n) is 5.39. The second-order valence-electron chi connectivity index (χ2n) is 9.31. The Labute approximate surface area is 196 Å². The van der Waals surface area contributed by atoms with E-state index in [4.69, 9.17) is 4.42 Å². The highest BCUT2D eigenvalue weighted by atomic mass is 16.3. The zero-order valence-electron chi connectivity index (χ0n) is 18.9. The first-order valence-electron chi connectivity index (χ1n) is 12.0. The molecule has 172 valence electrons. The van der Waals surface area contributed by atoms with E-state index in [0.29, 0.717) is 28.8 Å². The van der Waals surface area contributed by atoms with Crippen molar-refractivity contribution in [3.8, 4) is 6.07 Å². The van der Waals surface area contributed by atoms with Gasteiger partial charge >= 0.3 is 0 Å². The lowest BCUT2D eigenvalue weighted by molar-refractivity contribution is 0.460. The quantitative estimate of drug-likeness (QED) is 0.459. The van der Waals surface area contributed by atoms with Gasteiger partial charge in [0.2, 0.25) is 11.8 Å². The Morgan fingerprint density at radius 2 is 1.91 bits per heavy atom. The first-order chi connectivity index (χ1) is 16.7. The van der Waals surface area contributed by atoms with Crippen LogP contribution in [0.2, 0.25) is 0 Å². The number of benzene rings is 1. The van der Waals surface area contributed by atoms with E-state index in [1.165, 1.54) is 5.56 Å². The van der Waals surface area contributed by atoms with Crippen LogP contribution in [0.3, 0.4) is 0 Å². The summed E-state index contributed by atoms with van der Waals surface area (Å²) in [5.41, 5.74) is 2.55. The highest BCUT2D eigenvalue weighted by molar-refractivity contribution is 5.83. The van der Waals surface area contributed by atoms with Crippen LogP contribution in [0.5, 0.6) is 0 Å². The molecule has 0 spiro atoms. The molecule has 2 fully saturated rings. The maximum absolute atomic E-state index is 13.0. The van der Waals surface area contributed by atoms with Gasteiger partial charge in [-0.1, -0.05) is 25.0 Å². The molecule has 1 aliphatic carbocycles. The first kappa shape index (κ1) is 20.9. The molecule has 4 aromatic rings. The van der Waals surface area contributed by atoms with Gasteiger partial charge in [0, 0.05) is 29.1 Å². The fourth-order valence-corrected chi connectivity index (χ4v) is 5.39. The molecule has 0 unspecified atom stereocenters. The molecule has 1 aliphatic heterocycles. The largest absolute Gasteiger partial charge is 0.440 e. The Morgan fingerprint density at radius 3 is 2.71 bits per heavy atom. The molecule has 0 bridgehead atoms. The minimum atomic E-state index is -0.277. The number of nitriles is 1. The monoisotopic (exact) mass is 454 g/mol. The molecule has 1 saturated heterocycles. The smallest absolute Gasteiger partial charge is 0.270 e. The van der Waals surface area contributed by atoms with Gasteiger partial charge in [0.25, 0.3) is 5.56 Å². The average molecular weight is 455 g/mol. The number of hydrogen-bond acceptors (Lipinski definition) is 7. The number of nitrogens with zero attached hydrogens (tertiary/aromatic N) is 4. The highest BCUT2D eigenvalue weighted by Crippen LogP contribution is 2.33. The number of fused-ring (bicyclic) bond motifs is 2. The fraction of sp³-hybridized carbons (Fsp3) is 0.385. The maximum Gasteiger partial charge on any atom is 0.270 e. The lowest BCUT2D eigenvalue weighted by Crippen LogP contribution is -2.26. The van der Waals surface area contributed by atoms with E-state index in [-0.39, 0.29) is 17.2 Å². The number of furan rings is 1. The molecular weight excluding hydrogens is 428 g/mol. The minimum absolute atomic E-state index is 0.0608. The maximum atomic E-state index is 13.0. The lowest BCUT2D eigenvalue weighted by Gasteiger charge is -2.22. The van der Waals surface area contributed by atoms with Crippen LogP contribution in [-0.4, -0.2) is 27.6 Å². The zero-order chi connectivity index (χ0) is 23.1. The van der Waals surface area contributed by atoms with Gasteiger partial charge in [0.1, 0.15) is 22.9 Å². The normalized spacial score (nSPS) is 17.4. The molecule has 0 amide bonds. The Balaban J connectivity index is 1.35. The Bertz CT molecular complexity index is 1470. The van der Waals surface area contributed by atoms with Crippen molar-refractivity contribution in [1.29, 1.82) is 5.26 Å². The molecule has 1 saturated carbocycles. The van der Waals surface area contributed by atoms with E-state index >= 15 is 0 Å². The van der Waals surface area contributed by atoms with E-state index in [9.17, 15) is 10.1 Å². The minimum Gasteiger partial charge on any atom is -0.440 e. The van der Waals surface area contributed by atoms with Gasteiger partial charge in [-0.25, -0.2) is 4.98 Å². The van der Waals surface area contributed by atoms with Gasteiger partial charge in [0.05, 0.1) is 0 Å². The van der Waals surface area contributed by atoms with Crippen LogP contribution in [0.4, 0.5) is 11.8 Å². The predicted octanol–water partition coefficient (Wildman–Crippen LogP) is 4.74. The van der Waals surface area contributed by atoms with Crippen LogP contribution in [0, 0.1) is 11.3 Å². The van der Waals surface area contributed by atoms with E-state index < -0.39 is 0 Å². The summed E-state index contributed by atoms with van der Waals surface area (Å²) in [5.74, 6) is 1.47. The molecule has 0 atom stereocenters. The molecule has 34 heavy (non-hydrogen) atoms.